The number of nitriles is 1. The van der Waals surface area contributed by atoms with Gasteiger partial charge in [-0.05, 0) is 19.1 Å². The van der Waals surface area contributed by atoms with Crippen LogP contribution < -0.4 is 10.6 Å². The molecule has 2 aromatic rings. The summed E-state index contributed by atoms with van der Waals surface area (Å²) in [7, 11) is 1.55. The smallest absolute Gasteiger partial charge is 0.210 e. The standard InChI is InChI=1S/C15H16N6O2S/c1-9(17)11(7-16)12(22)8-24-15-20-19-14(21(15)18)10-5-3-4-6-13(10)23-2/h3-6,11,17H,8,18H2,1-2H3. The summed E-state index contributed by atoms with van der Waals surface area (Å²) >= 11 is 1.07. The van der Waals surface area contributed by atoms with Crippen molar-refractivity contribution in [3.8, 4) is 23.2 Å². The second-order valence-electron chi connectivity index (χ2n) is 4.88. The predicted octanol–water partition coefficient (Wildman–Crippen LogP) is 1.51. The van der Waals surface area contributed by atoms with Gasteiger partial charge in [-0.2, -0.15) is 5.26 Å². The second-order valence-corrected chi connectivity index (χ2v) is 5.82. The number of thioether (sulfide) groups is 1. The van der Waals surface area contributed by atoms with Crippen molar-refractivity contribution in [2.75, 3.05) is 18.7 Å². The van der Waals surface area contributed by atoms with Gasteiger partial charge < -0.3 is 16.0 Å². The van der Waals surface area contributed by atoms with Crippen LogP contribution in [0.4, 0.5) is 0 Å². The van der Waals surface area contributed by atoms with E-state index in [1.807, 2.05) is 18.2 Å². The van der Waals surface area contributed by atoms with Gasteiger partial charge in [-0.25, -0.2) is 4.68 Å². The Kier molecular flexibility index (Phi) is 5.55. The van der Waals surface area contributed by atoms with E-state index in [2.05, 4.69) is 10.2 Å². The van der Waals surface area contributed by atoms with Crippen molar-refractivity contribution < 1.29 is 9.53 Å². The molecule has 0 saturated heterocycles. The lowest BCUT2D eigenvalue weighted by atomic mass is 10.0. The molecule has 0 amide bonds. The maximum Gasteiger partial charge on any atom is 0.210 e. The fraction of sp³-hybridized carbons (Fsp3) is 0.267. The number of Topliss-reactive ketones (excluding diaryl/α,β-unsaturated/α-hetero) is 1. The maximum atomic E-state index is 12.0. The number of methoxy groups -OCH3 is 1. The van der Waals surface area contributed by atoms with E-state index in [1.165, 1.54) is 11.6 Å². The average molecular weight is 344 g/mol. The zero-order chi connectivity index (χ0) is 17.7. The number of carbonyl (C=O) groups excluding carboxylic acids is 1. The fourth-order valence-corrected chi connectivity index (χ4v) is 2.78. The molecule has 0 aliphatic heterocycles. The minimum atomic E-state index is -1.04. The molecule has 0 spiro atoms. The van der Waals surface area contributed by atoms with Crippen LogP contribution in [-0.2, 0) is 4.79 Å². The molecule has 0 fully saturated rings. The van der Waals surface area contributed by atoms with Crippen molar-refractivity contribution >= 4 is 23.3 Å². The van der Waals surface area contributed by atoms with Crippen LogP contribution >= 0.6 is 11.8 Å². The van der Waals surface area contributed by atoms with Crippen molar-refractivity contribution in [1.82, 2.24) is 14.9 Å². The number of ketones is 1. The van der Waals surface area contributed by atoms with Gasteiger partial charge in [-0.3, -0.25) is 4.79 Å². The first-order chi connectivity index (χ1) is 11.5. The highest BCUT2D eigenvalue weighted by Gasteiger charge is 2.22. The first-order valence-electron chi connectivity index (χ1n) is 6.93. The summed E-state index contributed by atoms with van der Waals surface area (Å²) in [6.07, 6.45) is 0. The van der Waals surface area contributed by atoms with Crippen LogP contribution in [0.2, 0.25) is 0 Å². The summed E-state index contributed by atoms with van der Waals surface area (Å²) in [6, 6.07) is 9.06. The van der Waals surface area contributed by atoms with Crippen LogP contribution in [0.15, 0.2) is 29.4 Å². The Hall–Kier alpha value is -2.86. The van der Waals surface area contributed by atoms with E-state index in [9.17, 15) is 4.79 Å². The molecule has 1 heterocycles. The van der Waals surface area contributed by atoms with Gasteiger partial charge in [-0.15, -0.1) is 10.2 Å². The second kappa shape index (κ2) is 7.61. The lowest BCUT2D eigenvalue weighted by Gasteiger charge is -2.08. The molecule has 24 heavy (non-hydrogen) atoms. The van der Waals surface area contributed by atoms with Gasteiger partial charge in [-0.1, -0.05) is 23.9 Å². The summed E-state index contributed by atoms with van der Waals surface area (Å²) < 4.78 is 6.55. The molecular weight excluding hydrogens is 328 g/mol. The summed E-state index contributed by atoms with van der Waals surface area (Å²) in [6.45, 7) is 1.43. The molecule has 2 rings (SSSR count). The number of para-hydroxylation sites is 1. The quantitative estimate of drug-likeness (QED) is 0.442. The normalized spacial score (nSPS) is 11.5. The number of hydrogen-bond acceptors (Lipinski definition) is 8. The Labute approximate surface area is 143 Å². The fourth-order valence-electron chi connectivity index (χ4n) is 2.02. The Bertz CT molecular complexity index is 811. The van der Waals surface area contributed by atoms with Gasteiger partial charge in [0.15, 0.2) is 11.6 Å². The molecule has 0 aliphatic carbocycles. The minimum absolute atomic E-state index is 0.0182. The van der Waals surface area contributed by atoms with E-state index in [1.54, 1.807) is 19.2 Å². The minimum Gasteiger partial charge on any atom is -0.496 e. The maximum absolute atomic E-state index is 12.0. The molecule has 0 saturated carbocycles. The zero-order valence-corrected chi connectivity index (χ0v) is 14.0. The van der Waals surface area contributed by atoms with Crippen molar-refractivity contribution in [2.45, 2.75) is 12.1 Å². The highest BCUT2D eigenvalue weighted by Crippen LogP contribution is 2.29. The molecule has 9 heteroatoms. The van der Waals surface area contributed by atoms with Gasteiger partial charge in [0.1, 0.15) is 11.7 Å². The van der Waals surface area contributed by atoms with Gasteiger partial charge in [0.05, 0.1) is 24.5 Å². The number of nitrogens with one attached hydrogen (secondary N) is 1. The number of benzene rings is 1. The molecule has 0 bridgehead atoms. The van der Waals surface area contributed by atoms with Crippen molar-refractivity contribution in [3.05, 3.63) is 24.3 Å². The van der Waals surface area contributed by atoms with E-state index in [-0.39, 0.29) is 17.2 Å². The van der Waals surface area contributed by atoms with Gasteiger partial charge >= 0.3 is 0 Å². The number of hydrogen-bond donors (Lipinski definition) is 2. The highest BCUT2D eigenvalue weighted by molar-refractivity contribution is 7.99. The van der Waals surface area contributed by atoms with Crippen LogP contribution in [0.5, 0.6) is 5.75 Å². The number of rotatable bonds is 7. The van der Waals surface area contributed by atoms with Crippen molar-refractivity contribution in [3.63, 3.8) is 0 Å². The number of ether oxygens (including phenoxy) is 1. The average Bonchev–Trinajstić information content (AvgIpc) is 2.93. The first kappa shape index (κ1) is 17.5. The lowest BCUT2D eigenvalue weighted by molar-refractivity contribution is -0.117. The third kappa shape index (κ3) is 3.55. The predicted molar refractivity (Wildman–Crippen MR) is 90.4 cm³/mol. The van der Waals surface area contributed by atoms with Gasteiger partial charge in [0.25, 0.3) is 0 Å². The van der Waals surface area contributed by atoms with E-state index in [4.69, 9.17) is 21.3 Å². The number of carbonyl (C=O) groups is 1. The lowest BCUT2D eigenvalue weighted by Crippen LogP contribution is -2.22. The van der Waals surface area contributed by atoms with E-state index < -0.39 is 5.92 Å². The third-order valence-corrected chi connectivity index (χ3v) is 4.21. The number of nitrogens with zero attached hydrogens (tertiary/aromatic N) is 4. The molecule has 0 radical (unpaired) electrons. The molecule has 8 nitrogen and oxygen atoms in total. The van der Waals surface area contributed by atoms with Gasteiger partial charge in [0, 0.05) is 5.71 Å². The van der Waals surface area contributed by atoms with Crippen LogP contribution in [0.1, 0.15) is 6.92 Å². The van der Waals surface area contributed by atoms with Crippen LogP contribution in [-0.4, -0.2) is 39.2 Å². The number of aromatic nitrogens is 3. The van der Waals surface area contributed by atoms with Crippen LogP contribution in [0.25, 0.3) is 11.4 Å². The monoisotopic (exact) mass is 344 g/mol. The molecular formula is C15H16N6O2S. The van der Waals surface area contributed by atoms with Crippen LogP contribution in [0, 0.1) is 22.7 Å². The molecule has 1 unspecified atom stereocenters. The molecule has 1 aromatic heterocycles. The van der Waals surface area contributed by atoms with E-state index in [0.29, 0.717) is 22.3 Å². The third-order valence-electron chi connectivity index (χ3n) is 3.24. The SMILES string of the molecule is COc1ccccc1-c1nnc(SCC(=O)C(C#N)C(C)=N)n1N. The Balaban J connectivity index is 2.18. The number of nitrogen functional groups attached to an aromatic ring is 1. The molecule has 1 atom stereocenters. The summed E-state index contributed by atoms with van der Waals surface area (Å²) in [5.74, 6) is 5.60. The Morgan fingerprint density at radius 2 is 2.21 bits per heavy atom. The summed E-state index contributed by atoms with van der Waals surface area (Å²) in [5, 5.41) is 24.7. The number of nitrogens with two attached hydrogens (primary N) is 1. The molecule has 1 aromatic carbocycles. The zero-order valence-electron chi connectivity index (χ0n) is 13.2. The highest BCUT2D eigenvalue weighted by atomic mass is 32.2. The van der Waals surface area contributed by atoms with Crippen LogP contribution in [0.3, 0.4) is 0 Å². The van der Waals surface area contributed by atoms with Crippen molar-refractivity contribution in [1.29, 1.82) is 10.7 Å². The summed E-state index contributed by atoms with van der Waals surface area (Å²) in [5.41, 5.74) is 0.699. The van der Waals surface area contributed by atoms with E-state index in [0.717, 1.165) is 11.8 Å². The summed E-state index contributed by atoms with van der Waals surface area (Å²) in [4.78, 5) is 12.0. The molecule has 3 N–H and O–H groups in total. The first-order valence-corrected chi connectivity index (χ1v) is 7.92. The largest absolute Gasteiger partial charge is 0.496 e. The Morgan fingerprint density at radius 1 is 1.50 bits per heavy atom. The van der Waals surface area contributed by atoms with Gasteiger partial charge in [0.2, 0.25) is 5.16 Å². The molecule has 0 aliphatic rings. The van der Waals surface area contributed by atoms with Crippen molar-refractivity contribution in [2.24, 2.45) is 5.92 Å². The topological polar surface area (TPSA) is 131 Å². The Morgan fingerprint density at radius 3 is 2.83 bits per heavy atom. The van der Waals surface area contributed by atoms with E-state index >= 15 is 0 Å². The molecule has 124 valence electrons.